The summed E-state index contributed by atoms with van der Waals surface area (Å²) in [4.78, 5) is 16.8. The van der Waals surface area contributed by atoms with Crippen molar-refractivity contribution >= 4 is 33.8 Å². The molecule has 122 valence electrons. The van der Waals surface area contributed by atoms with E-state index >= 15 is 0 Å². The van der Waals surface area contributed by atoms with Crippen LogP contribution >= 0.6 is 11.3 Å². The molecule has 1 saturated heterocycles. The monoisotopic (exact) mass is 332 g/mol. The molecule has 23 heavy (non-hydrogen) atoms. The topological polar surface area (TPSA) is 75.3 Å². The van der Waals surface area contributed by atoms with Crippen molar-refractivity contribution in [2.45, 2.75) is 18.9 Å². The number of aromatic nitrogens is 1. The molecule has 0 radical (unpaired) electrons. The van der Waals surface area contributed by atoms with Gasteiger partial charge >= 0.3 is 0 Å². The van der Waals surface area contributed by atoms with Gasteiger partial charge in [0.15, 0.2) is 5.13 Å². The van der Waals surface area contributed by atoms with Gasteiger partial charge in [0.2, 0.25) is 0 Å². The maximum atomic E-state index is 12.1. The van der Waals surface area contributed by atoms with Crippen molar-refractivity contribution in [1.82, 2.24) is 4.98 Å². The van der Waals surface area contributed by atoms with Gasteiger partial charge < -0.3 is 20.7 Å². The summed E-state index contributed by atoms with van der Waals surface area (Å²) >= 11 is 1.33. The number of hydrogen-bond acceptors (Lipinski definition) is 6. The third kappa shape index (κ3) is 4.20. The van der Waals surface area contributed by atoms with E-state index in [1.54, 1.807) is 13.2 Å². The minimum absolute atomic E-state index is 0.144. The van der Waals surface area contributed by atoms with Crippen molar-refractivity contribution in [2.24, 2.45) is 0 Å². The fourth-order valence-corrected chi connectivity index (χ4v) is 3.08. The van der Waals surface area contributed by atoms with Crippen LogP contribution in [0.15, 0.2) is 30.5 Å². The summed E-state index contributed by atoms with van der Waals surface area (Å²) < 4.78 is 5.36. The molecule has 1 aliphatic heterocycles. The zero-order valence-electron chi connectivity index (χ0n) is 13.0. The van der Waals surface area contributed by atoms with Crippen LogP contribution in [0.1, 0.15) is 22.5 Å². The molecule has 0 spiro atoms. The Morgan fingerprint density at radius 3 is 2.57 bits per heavy atom. The summed E-state index contributed by atoms with van der Waals surface area (Å²) in [6.45, 7) is 1.63. The smallest absolute Gasteiger partial charge is 0.267 e. The third-order valence-corrected chi connectivity index (χ3v) is 4.69. The number of hydrogen-bond donors (Lipinski definition) is 3. The fourth-order valence-electron chi connectivity index (χ4n) is 2.41. The van der Waals surface area contributed by atoms with E-state index in [1.165, 1.54) is 11.3 Å². The summed E-state index contributed by atoms with van der Waals surface area (Å²) in [6.07, 6.45) is 3.63. The van der Waals surface area contributed by atoms with Crippen LogP contribution in [-0.4, -0.2) is 37.2 Å². The maximum absolute atomic E-state index is 12.1. The number of carbonyl (C=O) groups is 1. The fraction of sp³-hybridized carbons (Fsp3) is 0.375. The molecule has 1 fully saturated rings. The molecule has 3 N–H and O–H groups in total. The number of nitrogens with zero attached hydrogens (tertiary/aromatic N) is 1. The summed E-state index contributed by atoms with van der Waals surface area (Å²) in [5.41, 5.74) is 1.83. The van der Waals surface area contributed by atoms with Gasteiger partial charge in [0, 0.05) is 37.7 Å². The first-order valence-electron chi connectivity index (χ1n) is 7.64. The van der Waals surface area contributed by atoms with Crippen molar-refractivity contribution in [2.75, 3.05) is 36.2 Å². The van der Waals surface area contributed by atoms with Gasteiger partial charge in [-0.2, -0.15) is 0 Å². The van der Waals surface area contributed by atoms with Crippen LogP contribution in [0, 0.1) is 0 Å². The number of ether oxygens (including phenoxy) is 1. The average Bonchev–Trinajstić information content (AvgIpc) is 3.07. The number of thiazole rings is 1. The Balaban J connectivity index is 1.57. The molecular weight excluding hydrogens is 312 g/mol. The minimum atomic E-state index is -0.144. The molecule has 1 aromatic carbocycles. The molecule has 7 heteroatoms. The first kappa shape index (κ1) is 15.8. The van der Waals surface area contributed by atoms with E-state index in [4.69, 9.17) is 4.74 Å². The van der Waals surface area contributed by atoms with Crippen LogP contribution in [-0.2, 0) is 4.74 Å². The first-order chi connectivity index (χ1) is 11.2. The summed E-state index contributed by atoms with van der Waals surface area (Å²) in [6, 6.07) is 8.23. The van der Waals surface area contributed by atoms with Crippen LogP contribution in [0.2, 0.25) is 0 Å². The summed E-state index contributed by atoms with van der Waals surface area (Å²) in [7, 11) is 1.78. The van der Waals surface area contributed by atoms with E-state index < -0.39 is 0 Å². The second-order valence-corrected chi connectivity index (χ2v) is 6.37. The molecular formula is C16H20N4O2S. The van der Waals surface area contributed by atoms with E-state index in [9.17, 15) is 4.79 Å². The Bertz CT molecular complexity index is 650. The lowest BCUT2D eigenvalue weighted by molar-refractivity contribution is 0.0904. The SMILES string of the molecule is CNc1ncc(C(=O)Nc2ccc(NC3CCOCC3)cc2)s1. The number of nitrogens with one attached hydrogen (secondary N) is 3. The highest BCUT2D eigenvalue weighted by molar-refractivity contribution is 7.17. The van der Waals surface area contributed by atoms with E-state index in [1.807, 2.05) is 24.3 Å². The number of benzene rings is 1. The maximum Gasteiger partial charge on any atom is 0.267 e. The second-order valence-electron chi connectivity index (χ2n) is 5.34. The number of carbonyl (C=O) groups excluding carboxylic acids is 1. The molecule has 0 atom stereocenters. The Morgan fingerprint density at radius 1 is 1.22 bits per heavy atom. The van der Waals surface area contributed by atoms with Gasteiger partial charge in [-0.15, -0.1) is 0 Å². The van der Waals surface area contributed by atoms with Crippen LogP contribution in [0.25, 0.3) is 0 Å². The van der Waals surface area contributed by atoms with E-state index in [-0.39, 0.29) is 5.91 Å². The zero-order valence-corrected chi connectivity index (χ0v) is 13.8. The average molecular weight is 332 g/mol. The Morgan fingerprint density at radius 2 is 1.91 bits per heavy atom. The minimum Gasteiger partial charge on any atom is -0.382 e. The molecule has 6 nitrogen and oxygen atoms in total. The van der Waals surface area contributed by atoms with Crippen LogP contribution < -0.4 is 16.0 Å². The van der Waals surface area contributed by atoms with Crippen LogP contribution in [0.3, 0.4) is 0 Å². The van der Waals surface area contributed by atoms with E-state index in [0.717, 1.165) is 42.6 Å². The third-order valence-electron chi connectivity index (χ3n) is 3.68. The molecule has 0 aliphatic carbocycles. The molecule has 2 aromatic rings. The van der Waals surface area contributed by atoms with Crippen molar-refractivity contribution in [1.29, 1.82) is 0 Å². The quantitative estimate of drug-likeness (QED) is 0.785. The Hall–Kier alpha value is -2.12. The van der Waals surface area contributed by atoms with Gasteiger partial charge in [0.1, 0.15) is 4.88 Å². The second kappa shape index (κ2) is 7.43. The highest BCUT2D eigenvalue weighted by atomic mass is 32.1. The lowest BCUT2D eigenvalue weighted by Crippen LogP contribution is -2.27. The van der Waals surface area contributed by atoms with Gasteiger partial charge in [0.25, 0.3) is 5.91 Å². The van der Waals surface area contributed by atoms with Gasteiger partial charge in [-0.3, -0.25) is 4.79 Å². The number of anilines is 3. The van der Waals surface area contributed by atoms with Crippen molar-refractivity contribution in [3.63, 3.8) is 0 Å². The molecule has 0 saturated carbocycles. The van der Waals surface area contributed by atoms with Crippen LogP contribution in [0.5, 0.6) is 0 Å². The standard InChI is InChI=1S/C16H20N4O2S/c1-17-16-18-10-14(23-16)15(21)20-12-4-2-11(3-5-12)19-13-6-8-22-9-7-13/h2-5,10,13,19H,6-9H2,1H3,(H,17,18)(H,20,21). The lowest BCUT2D eigenvalue weighted by Gasteiger charge is -2.24. The molecule has 1 aliphatic rings. The molecule has 0 bridgehead atoms. The zero-order chi connectivity index (χ0) is 16.1. The lowest BCUT2D eigenvalue weighted by atomic mass is 10.1. The summed E-state index contributed by atoms with van der Waals surface area (Å²) in [5.74, 6) is -0.144. The Labute approximate surface area is 139 Å². The first-order valence-corrected chi connectivity index (χ1v) is 8.45. The van der Waals surface area contributed by atoms with Gasteiger partial charge in [-0.1, -0.05) is 11.3 Å². The summed E-state index contributed by atoms with van der Waals surface area (Å²) in [5, 5.41) is 10.0. The van der Waals surface area contributed by atoms with Gasteiger partial charge in [-0.05, 0) is 37.1 Å². The predicted octanol–water partition coefficient (Wildman–Crippen LogP) is 3.03. The number of amides is 1. The molecule has 1 amide bonds. The Kier molecular flexibility index (Phi) is 5.09. The van der Waals surface area contributed by atoms with Crippen molar-refractivity contribution in [3.05, 3.63) is 35.3 Å². The van der Waals surface area contributed by atoms with Gasteiger partial charge in [0.05, 0.1) is 6.20 Å². The molecule has 2 heterocycles. The molecule has 1 aromatic heterocycles. The van der Waals surface area contributed by atoms with Crippen LogP contribution in [0.4, 0.5) is 16.5 Å². The normalized spacial score (nSPS) is 15.2. The van der Waals surface area contributed by atoms with E-state index in [0.29, 0.717) is 10.9 Å². The van der Waals surface area contributed by atoms with E-state index in [2.05, 4.69) is 20.9 Å². The molecule has 3 rings (SSSR count). The van der Waals surface area contributed by atoms with Gasteiger partial charge in [-0.25, -0.2) is 4.98 Å². The highest BCUT2D eigenvalue weighted by Gasteiger charge is 2.13. The number of rotatable bonds is 5. The van der Waals surface area contributed by atoms with Crippen molar-refractivity contribution < 1.29 is 9.53 Å². The predicted molar refractivity (Wildman–Crippen MR) is 93.5 cm³/mol. The largest absolute Gasteiger partial charge is 0.382 e. The highest BCUT2D eigenvalue weighted by Crippen LogP contribution is 2.21. The van der Waals surface area contributed by atoms with Crippen molar-refractivity contribution in [3.8, 4) is 0 Å². The molecule has 0 unspecified atom stereocenters.